The second kappa shape index (κ2) is 7.33. The number of carbonyl (C=O) groups is 1. The Morgan fingerprint density at radius 2 is 1.96 bits per heavy atom. The van der Waals surface area contributed by atoms with E-state index < -0.39 is 10.0 Å². The van der Waals surface area contributed by atoms with Gasteiger partial charge in [0.2, 0.25) is 5.91 Å². The predicted molar refractivity (Wildman–Crippen MR) is 108 cm³/mol. The minimum absolute atomic E-state index is 0.0843. The fourth-order valence-electron chi connectivity index (χ4n) is 2.73. The molecule has 1 aliphatic rings. The number of hydrogen-bond acceptors (Lipinski definition) is 6. The highest BCUT2D eigenvalue weighted by molar-refractivity contribution is 7.99. The van der Waals surface area contributed by atoms with Gasteiger partial charge in [-0.25, -0.2) is 8.42 Å². The van der Waals surface area contributed by atoms with E-state index in [0.717, 1.165) is 10.5 Å². The Morgan fingerprint density at radius 3 is 2.68 bits per heavy atom. The largest absolute Gasteiger partial charge is 0.356 e. The van der Waals surface area contributed by atoms with Gasteiger partial charge in [-0.15, -0.1) is 11.8 Å². The fourth-order valence-corrected chi connectivity index (χ4v) is 4.82. The normalized spacial score (nSPS) is 16.8. The molecule has 1 unspecified atom stereocenters. The number of rotatable bonds is 4. The van der Waals surface area contributed by atoms with E-state index >= 15 is 0 Å². The molecule has 9 heteroatoms. The molecule has 3 aromatic rings. The van der Waals surface area contributed by atoms with Crippen molar-refractivity contribution in [2.45, 2.75) is 16.7 Å². The van der Waals surface area contributed by atoms with Crippen molar-refractivity contribution in [2.24, 2.45) is 5.92 Å². The van der Waals surface area contributed by atoms with Crippen LogP contribution in [0.2, 0.25) is 0 Å². The average molecular weight is 415 g/mol. The van der Waals surface area contributed by atoms with E-state index in [1.165, 1.54) is 17.8 Å². The quantitative estimate of drug-likeness (QED) is 0.672. The number of aromatic nitrogens is 1. The van der Waals surface area contributed by atoms with Crippen molar-refractivity contribution >= 4 is 39.1 Å². The molecular weight excluding hydrogens is 398 g/mol. The number of sulfonamides is 1. The average Bonchev–Trinajstić information content (AvgIpc) is 3.17. The molecule has 0 radical (unpaired) electrons. The van der Waals surface area contributed by atoms with Crippen LogP contribution in [-0.4, -0.2) is 25.2 Å². The van der Waals surface area contributed by atoms with Crippen LogP contribution in [0, 0.1) is 5.92 Å². The van der Waals surface area contributed by atoms with E-state index in [0.29, 0.717) is 22.9 Å². The van der Waals surface area contributed by atoms with Crippen LogP contribution in [0.15, 0.2) is 69.0 Å². The number of thioether (sulfide) groups is 1. The summed E-state index contributed by atoms with van der Waals surface area (Å²) in [5.74, 6) is 0.999. The summed E-state index contributed by atoms with van der Waals surface area (Å²) >= 11 is 1.53. The lowest BCUT2D eigenvalue weighted by atomic mass is 10.1. The smallest absolute Gasteiger partial charge is 0.261 e. The van der Waals surface area contributed by atoms with Gasteiger partial charge in [0, 0.05) is 33.9 Å². The number of amides is 1. The molecule has 144 valence electrons. The summed E-state index contributed by atoms with van der Waals surface area (Å²) in [7, 11) is -3.80. The number of fused-ring (bicyclic) bond motifs is 1. The third kappa shape index (κ3) is 3.76. The molecule has 0 aliphatic carbocycles. The first-order valence-corrected chi connectivity index (χ1v) is 11.0. The minimum atomic E-state index is -3.80. The van der Waals surface area contributed by atoms with E-state index in [1.54, 1.807) is 48.7 Å². The molecule has 2 N–H and O–H groups in total. The second-order valence-corrected chi connectivity index (χ2v) is 9.16. The van der Waals surface area contributed by atoms with Crippen LogP contribution in [0.25, 0.3) is 11.3 Å². The highest BCUT2D eigenvalue weighted by atomic mass is 32.2. The summed E-state index contributed by atoms with van der Waals surface area (Å²) < 4.78 is 33.2. The lowest BCUT2D eigenvalue weighted by Crippen LogP contribution is -2.20. The van der Waals surface area contributed by atoms with Gasteiger partial charge < -0.3 is 9.84 Å². The zero-order valence-electron chi connectivity index (χ0n) is 14.9. The molecule has 1 aliphatic heterocycles. The van der Waals surface area contributed by atoms with Gasteiger partial charge in [-0.2, -0.15) is 0 Å². The van der Waals surface area contributed by atoms with Crippen molar-refractivity contribution in [1.29, 1.82) is 0 Å². The topological polar surface area (TPSA) is 101 Å². The number of anilines is 2. The third-order valence-electron chi connectivity index (χ3n) is 4.32. The van der Waals surface area contributed by atoms with Crippen LogP contribution in [0.3, 0.4) is 0 Å². The van der Waals surface area contributed by atoms with E-state index in [1.807, 2.05) is 6.92 Å². The molecule has 2 aromatic carbocycles. The SMILES string of the molecule is CC1CSc2ccc(S(=O)(=O)Nc3ccc(-c4ccno4)cc3)cc2NC1=O. The van der Waals surface area contributed by atoms with Gasteiger partial charge in [0.15, 0.2) is 5.76 Å². The third-order valence-corrected chi connectivity index (χ3v) is 7.03. The number of benzene rings is 2. The van der Waals surface area contributed by atoms with Gasteiger partial charge in [-0.3, -0.25) is 9.52 Å². The predicted octanol–water partition coefficient (Wildman–Crippen LogP) is 3.82. The molecule has 0 spiro atoms. The van der Waals surface area contributed by atoms with Gasteiger partial charge in [0.1, 0.15) is 0 Å². The summed E-state index contributed by atoms with van der Waals surface area (Å²) in [6.45, 7) is 1.84. The van der Waals surface area contributed by atoms with E-state index in [4.69, 9.17) is 4.52 Å². The van der Waals surface area contributed by atoms with Crippen LogP contribution in [0.5, 0.6) is 0 Å². The standard InChI is InChI=1S/C19H17N3O4S2/c1-12-11-27-18-7-6-15(10-16(18)21-19(12)23)28(24,25)22-14-4-2-13(3-5-14)17-8-9-20-26-17/h2-10,12,22H,11H2,1H3,(H,21,23). The molecule has 0 saturated heterocycles. The molecule has 0 bridgehead atoms. The fraction of sp³-hybridized carbons (Fsp3) is 0.158. The molecule has 0 fully saturated rings. The Hall–Kier alpha value is -2.78. The summed E-state index contributed by atoms with van der Waals surface area (Å²) in [6.07, 6.45) is 1.54. The summed E-state index contributed by atoms with van der Waals surface area (Å²) in [5.41, 5.74) is 1.73. The van der Waals surface area contributed by atoms with Gasteiger partial charge in [-0.05, 0) is 42.5 Å². The second-order valence-electron chi connectivity index (χ2n) is 6.42. The molecule has 2 heterocycles. The lowest BCUT2D eigenvalue weighted by Gasteiger charge is -2.12. The van der Waals surface area contributed by atoms with Crippen molar-refractivity contribution in [3.8, 4) is 11.3 Å². The van der Waals surface area contributed by atoms with Crippen LogP contribution in [0.4, 0.5) is 11.4 Å². The minimum Gasteiger partial charge on any atom is -0.356 e. The molecule has 28 heavy (non-hydrogen) atoms. The first-order valence-electron chi connectivity index (χ1n) is 8.54. The lowest BCUT2D eigenvalue weighted by molar-refractivity contribution is -0.118. The molecular formula is C19H17N3O4S2. The van der Waals surface area contributed by atoms with Crippen LogP contribution < -0.4 is 10.0 Å². The number of nitrogens with zero attached hydrogens (tertiary/aromatic N) is 1. The van der Waals surface area contributed by atoms with Gasteiger partial charge in [-0.1, -0.05) is 12.1 Å². The maximum absolute atomic E-state index is 12.8. The number of carbonyl (C=O) groups excluding carboxylic acids is 1. The summed E-state index contributed by atoms with van der Waals surface area (Å²) in [5, 5.41) is 6.46. The first-order chi connectivity index (χ1) is 13.4. The van der Waals surface area contributed by atoms with Gasteiger partial charge in [0.05, 0.1) is 16.8 Å². The van der Waals surface area contributed by atoms with E-state index in [-0.39, 0.29) is 16.7 Å². The summed E-state index contributed by atoms with van der Waals surface area (Å²) in [6, 6.07) is 13.3. The van der Waals surface area contributed by atoms with E-state index in [2.05, 4.69) is 15.2 Å². The van der Waals surface area contributed by atoms with Crippen molar-refractivity contribution in [1.82, 2.24) is 5.16 Å². The van der Waals surface area contributed by atoms with Crippen LogP contribution in [-0.2, 0) is 14.8 Å². The summed E-state index contributed by atoms with van der Waals surface area (Å²) in [4.78, 5) is 13.0. The van der Waals surface area contributed by atoms with Gasteiger partial charge >= 0.3 is 0 Å². The highest BCUT2D eigenvalue weighted by Crippen LogP contribution is 2.34. The monoisotopic (exact) mass is 415 g/mol. The van der Waals surface area contributed by atoms with Gasteiger partial charge in [0.25, 0.3) is 10.0 Å². The Labute approximate surface area is 166 Å². The molecule has 1 aromatic heterocycles. The van der Waals surface area contributed by atoms with Crippen LogP contribution >= 0.6 is 11.8 Å². The maximum Gasteiger partial charge on any atom is 0.261 e. The number of hydrogen-bond donors (Lipinski definition) is 2. The van der Waals surface area contributed by atoms with Crippen LogP contribution in [0.1, 0.15) is 6.92 Å². The Balaban J connectivity index is 1.57. The van der Waals surface area contributed by atoms with E-state index in [9.17, 15) is 13.2 Å². The Bertz CT molecular complexity index is 1110. The first kappa shape index (κ1) is 18.6. The number of nitrogens with one attached hydrogen (secondary N) is 2. The zero-order valence-corrected chi connectivity index (χ0v) is 16.5. The molecule has 1 amide bonds. The molecule has 1 atom stereocenters. The Kier molecular flexibility index (Phi) is 4.86. The molecule has 7 nitrogen and oxygen atoms in total. The molecule has 0 saturated carbocycles. The van der Waals surface area contributed by atoms with Crippen molar-refractivity contribution in [2.75, 3.05) is 15.8 Å². The zero-order chi connectivity index (χ0) is 19.7. The highest BCUT2D eigenvalue weighted by Gasteiger charge is 2.23. The van der Waals surface area contributed by atoms with Crippen molar-refractivity contribution < 1.29 is 17.7 Å². The van der Waals surface area contributed by atoms with Crippen molar-refractivity contribution in [3.05, 3.63) is 54.7 Å². The Morgan fingerprint density at radius 1 is 1.18 bits per heavy atom. The molecule has 4 rings (SSSR count). The van der Waals surface area contributed by atoms with Crippen molar-refractivity contribution in [3.63, 3.8) is 0 Å². The maximum atomic E-state index is 12.8.